The molecule has 1 aliphatic rings. The van der Waals surface area contributed by atoms with E-state index in [1.165, 1.54) is 12.1 Å². The van der Waals surface area contributed by atoms with Crippen molar-refractivity contribution in [3.8, 4) is 0 Å². The van der Waals surface area contributed by atoms with E-state index in [9.17, 15) is 14.0 Å². The first-order chi connectivity index (χ1) is 12.9. The summed E-state index contributed by atoms with van der Waals surface area (Å²) in [6.07, 6.45) is 1.32. The van der Waals surface area contributed by atoms with Crippen molar-refractivity contribution >= 4 is 27.7 Å². The molecule has 142 valence electrons. The highest BCUT2D eigenvalue weighted by atomic mass is 79.9. The number of amides is 2. The van der Waals surface area contributed by atoms with Crippen LogP contribution < -0.4 is 0 Å². The summed E-state index contributed by atoms with van der Waals surface area (Å²) in [5.74, 6) is -0.275. The molecule has 0 radical (unpaired) electrons. The van der Waals surface area contributed by atoms with Crippen LogP contribution in [-0.4, -0.2) is 41.8 Å². The summed E-state index contributed by atoms with van der Waals surface area (Å²) in [5.41, 5.74) is 1.56. The Morgan fingerprint density at radius 2 is 1.67 bits per heavy atom. The van der Waals surface area contributed by atoms with E-state index in [-0.39, 0.29) is 23.5 Å². The predicted octanol–water partition coefficient (Wildman–Crippen LogP) is 4.10. The van der Waals surface area contributed by atoms with Gasteiger partial charge in [0.25, 0.3) is 5.91 Å². The van der Waals surface area contributed by atoms with E-state index in [2.05, 4.69) is 15.9 Å². The second-order valence-corrected chi connectivity index (χ2v) is 7.81. The molecule has 0 bridgehead atoms. The van der Waals surface area contributed by atoms with E-state index in [4.69, 9.17) is 0 Å². The van der Waals surface area contributed by atoms with Crippen molar-refractivity contribution in [2.75, 3.05) is 20.1 Å². The minimum Gasteiger partial charge on any atom is -0.341 e. The molecule has 0 atom stereocenters. The van der Waals surface area contributed by atoms with Gasteiger partial charge in [0.15, 0.2) is 0 Å². The molecular weight excluding hydrogens is 411 g/mol. The molecule has 2 aromatic carbocycles. The SMILES string of the molecule is CN(Cc1ccc(F)cc1)C(=O)C1CCN(C(=O)c2ccc(Br)cc2)CC1. The first kappa shape index (κ1) is 19.5. The Balaban J connectivity index is 1.53. The smallest absolute Gasteiger partial charge is 0.253 e. The monoisotopic (exact) mass is 432 g/mol. The van der Waals surface area contributed by atoms with Crippen molar-refractivity contribution in [2.45, 2.75) is 19.4 Å². The van der Waals surface area contributed by atoms with Gasteiger partial charge in [0, 0.05) is 42.6 Å². The van der Waals surface area contributed by atoms with Crippen molar-refractivity contribution in [1.29, 1.82) is 0 Å². The van der Waals surface area contributed by atoms with Crippen molar-refractivity contribution in [3.63, 3.8) is 0 Å². The van der Waals surface area contributed by atoms with Crippen LogP contribution in [0.4, 0.5) is 4.39 Å². The summed E-state index contributed by atoms with van der Waals surface area (Å²) < 4.78 is 13.9. The van der Waals surface area contributed by atoms with Crippen molar-refractivity contribution in [1.82, 2.24) is 9.80 Å². The van der Waals surface area contributed by atoms with Crippen LogP contribution in [0.3, 0.4) is 0 Å². The van der Waals surface area contributed by atoms with Gasteiger partial charge in [0.1, 0.15) is 5.82 Å². The van der Waals surface area contributed by atoms with E-state index in [1.54, 1.807) is 36.2 Å². The Morgan fingerprint density at radius 3 is 2.26 bits per heavy atom. The van der Waals surface area contributed by atoms with Gasteiger partial charge < -0.3 is 9.80 Å². The van der Waals surface area contributed by atoms with Crippen LogP contribution in [0.15, 0.2) is 53.0 Å². The standard InChI is InChI=1S/C21H22BrFN2O2/c1-24(14-15-2-8-19(23)9-3-15)20(26)17-10-12-25(13-11-17)21(27)16-4-6-18(22)7-5-16/h2-9,17H,10-14H2,1H3. The number of halogens is 2. The number of hydrogen-bond donors (Lipinski definition) is 0. The summed E-state index contributed by atoms with van der Waals surface area (Å²) in [6.45, 7) is 1.61. The van der Waals surface area contributed by atoms with Gasteiger partial charge in [-0.3, -0.25) is 9.59 Å². The fraction of sp³-hybridized carbons (Fsp3) is 0.333. The van der Waals surface area contributed by atoms with Crippen LogP contribution >= 0.6 is 15.9 Å². The molecule has 0 saturated carbocycles. The molecule has 0 N–H and O–H groups in total. The number of piperidine rings is 1. The zero-order chi connectivity index (χ0) is 19.4. The van der Waals surface area contributed by atoms with Gasteiger partial charge in [-0.1, -0.05) is 28.1 Å². The Kier molecular flexibility index (Phi) is 6.26. The van der Waals surface area contributed by atoms with E-state index < -0.39 is 0 Å². The van der Waals surface area contributed by atoms with E-state index in [0.29, 0.717) is 38.0 Å². The van der Waals surface area contributed by atoms with Crippen LogP contribution in [0.2, 0.25) is 0 Å². The van der Waals surface area contributed by atoms with Crippen LogP contribution in [-0.2, 0) is 11.3 Å². The normalized spacial score (nSPS) is 14.9. The predicted molar refractivity (Wildman–Crippen MR) is 106 cm³/mol. The van der Waals surface area contributed by atoms with E-state index in [1.807, 2.05) is 17.0 Å². The van der Waals surface area contributed by atoms with Gasteiger partial charge in [-0.05, 0) is 54.8 Å². The van der Waals surface area contributed by atoms with E-state index in [0.717, 1.165) is 10.0 Å². The zero-order valence-electron chi connectivity index (χ0n) is 15.2. The molecule has 0 spiro atoms. The third kappa shape index (κ3) is 4.95. The molecule has 2 aromatic rings. The summed E-state index contributed by atoms with van der Waals surface area (Å²) in [6, 6.07) is 13.5. The lowest BCUT2D eigenvalue weighted by molar-refractivity contribution is -0.136. The van der Waals surface area contributed by atoms with Gasteiger partial charge in [0.05, 0.1) is 0 Å². The molecule has 2 amide bonds. The molecule has 1 saturated heterocycles. The first-order valence-corrected chi connectivity index (χ1v) is 9.77. The van der Waals surface area contributed by atoms with Crippen LogP contribution in [0.5, 0.6) is 0 Å². The largest absolute Gasteiger partial charge is 0.341 e. The number of carbonyl (C=O) groups is 2. The third-order valence-corrected chi connectivity index (χ3v) is 5.46. The van der Waals surface area contributed by atoms with Gasteiger partial charge in [-0.2, -0.15) is 0 Å². The minimum absolute atomic E-state index is 0.00747. The molecule has 0 aromatic heterocycles. The molecule has 3 rings (SSSR count). The summed E-state index contributed by atoms with van der Waals surface area (Å²) in [5, 5.41) is 0. The maximum Gasteiger partial charge on any atom is 0.253 e. The zero-order valence-corrected chi connectivity index (χ0v) is 16.8. The lowest BCUT2D eigenvalue weighted by atomic mass is 9.94. The summed E-state index contributed by atoms with van der Waals surface area (Å²) in [7, 11) is 1.77. The van der Waals surface area contributed by atoms with Crippen LogP contribution in [0, 0.1) is 11.7 Å². The van der Waals surface area contributed by atoms with Gasteiger partial charge in [-0.25, -0.2) is 4.39 Å². The topological polar surface area (TPSA) is 40.6 Å². The van der Waals surface area contributed by atoms with Crippen LogP contribution in [0.25, 0.3) is 0 Å². The number of likely N-dealkylation sites (tertiary alicyclic amines) is 1. The Morgan fingerprint density at radius 1 is 1.07 bits per heavy atom. The molecule has 4 nitrogen and oxygen atoms in total. The van der Waals surface area contributed by atoms with E-state index >= 15 is 0 Å². The first-order valence-electron chi connectivity index (χ1n) is 8.98. The molecule has 0 aliphatic carbocycles. The average molecular weight is 433 g/mol. The maximum atomic E-state index is 13.0. The minimum atomic E-state index is -0.282. The molecule has 6 heteroatoms. The Labute approximate surface area is 167 Å². The summed E-state index contributed by atoms with van der Waals surface area (Å²) >= 11 is 3.37. The molecular formula is C21H22BrFN2O2. The fourth-order valence-corrected chi connectivity index (χ4v) is 3.62. The number of rotatable bonds is 4. The highest BCUT2D eigenvalue weighted by molar-refractivity contribution is 9.10. The lowest BCUT2D eigenvalue weighted by Gasteiger charge is -2.33. The fourth-order valence-electron chi connectivity index (χ4n) is 3.36. The molecule has 1 heterocycles. The quantitative estimate of drug-likeness (QED) is 0.729. The highest BCUT2D eigenvalue weighted by Crippen LogP contribution is 2.22. The Bertz CT molecular complexity index is 800. The lowest BCUT2D eigenvalue weighted by Crippen LogP contribution is -2.43. The van der Waals surface area contributed by atoms with Gasteiger partial charge in [0.2, 0.25) is 5.91 Å². The third-order valence-electron chi connectivity index (χ3n) is 4.93. The maximum absolute atomic E-state index is 13.0. The molecule has 0 unspecified atom stereocenters. The number of hydrogen-bond acceptors (Lipinski definition) is 2. The van der Waals surface area contributed by atoms with Crippen LogP contribution in [0.1, 0.15) is 28.8 Å². The summed E-state index contributed by atoms with van der Waals surface area (Å²) in [4.78, 5) is 28.8. The van der Waals surface area contributed by atoms with Crippen molar-refractivity contribution in [2.24, 2.45) is 5.92 Å². The average Bonchev–Trinajstić information content (AvgIpc) is 2.69. The second kappa shape index (κ2) is 8.65. The number of nitrogens with zero attached hydrogens (tertiary/aromatic N) is 2. The number of carbonyl (C=O) groups excluding carboxylic acids is 2. The Hall–Kier alpha value is -2.21. The van der Waals surface area contributed by atoms with Gasteiger partial charge >= 0.3 is 0 Å². The molecule has 1 aliphatic heterocycles. The van der Waals surface area contributed by atoms with Crippen molar-refractivity contribution < 1.29 is 14.0 Å². The second-order valence-electron chi connectivity index (χ2n) is 6.89. The molecule has 1 fully saturated rings. The molecule has 27 heavy (non-hydrogen) atoms. The highest BCUT2D eigenvalue weighted by Gasteiger charge is 2.29. The van der Waals surface area contributed by atoms with Crippen molar-refractivity contribution in [3.05, 3.63) is 69.9 Å². The number of benzene rings is 2. The van der Waals surface area contributed by atoms with Gasteiger partial charge in [-0.15, -0.1) is 0 Å².